The predicted molar refractivity (Wildman–Crippen MR) is 82.3 cm³/mol. The lowest BCUT2D eigenvalue weighted by Crippen LogP contribution is -2.28. The van der Waals surface area contributed by atoms with Crippen molar-refractivity contribution in [2.45, 2.75) is 19.9 Å². The summed E-state index contributed by atoms with van der Waals surface area (Å²) in [4.78, 5) is 28.0. The minimum absolute atomic E-state index is 0.0759. The van der Waals surface area contributed by atoms with Crippen molar-refractivity contribution in [1.29, 1.82) is 0 Å². The van der Waals surface area contributed by atoms with E-state index < -0.39 is 0 Å². The number of fused-ring (bicyclic) bond motifs is 1. The Bertz CT molecular complexity index is 813. The van der Waals surface area contributed by atoms with Gasteiger partial charge < -0.3 is 19.4 Å². The third kappa shape index (κ3) is 3.18. The average Bonchev–Trinajstić information content (AvgIpc) is 3.01. The Hall–Kier alpha value is -2.83. The van der Waals surface area contributed by atoms with E-state index in [2.05, 4.69) is 10.3 Å². The molecule has 7 nitrogen and oxygen atoms in total. The number of hydrogen-bond donors (Lipinski definition) is 1. The van der Waals surface area contributed by atoms with Crippen molar-refractivity contribution in [2.75, 3.05) is 6.79 Å². The van der Waals surface area contributed by atoms with Crippen molar-refractivity contribution in [3.63, 3.8) is 0 Å². The van der Waals surface area contributed by atoms with E-state index in [4.69, 9.17) is 9.47 Å². The van der Waals surface area contributed by atoms with E-state index >= 15 is 0 Å². The third-order valence-electron chi connectivity index (χ3n) is 3.72. The van der Waals surface area contributed by atoms with Crippen LogP contribution >= 0.6 is 0 Å². The van der Waals surface area contributed by atoms with Gasteiger partial charge in [-0.15, -0.1) is 0 Å². The topological polar surface area (TPSA) is 82.4 Å². The van der Waals surface area contributed by atoms with E-state index in [0.717, 1.165) is 5.56 Å². The Morgan fingerprint density at radius 2 is 2.13 bits per heavy atom. The largest absolute Gasteiger partial charge is 0.454 e. The van der Waals surface area contributed by atoms with Crippen molar-refractivity contribution >= 4 is 5.91 Å². The number of ether oxygens (including phenoxy) is 2. The number of hydrogen-bond acceptors (Lipinski definition) is 5. The molecule has 2 heterocycles. The molecule has 23 heavy (non-hydrogen) atoms. The zero-order valence-electron chi connectivity index (χ0n) is 13.0. The van der Waals surface area contributed by atoms with Gasteiger partial charge in [0.05, 0.1) is 18.4 Å². The number of rotatable bonds is 4. The molecule has 1 aromatic carbocycles. The monoisotopic (exact) mass is 315 g/mol. The summed E-state index contributed by atoms with van der Waals surface area (Å²) in [5.74, 6) is 1.20. The van der Waals surface area contributed by atoms with Gasteiger partial charge in [-0.25, -0.2) is 4.98 Å². The maximum atomic E-state index is 12.1. The number of aryl methyl sites for hydroxylation is 1. The Labute approximate surface area is 132 Å². The molecule has 1 aliphatic rings. The molecule has 0 unspecified atom stereocenters. The number of carbonyl (C=O) groups is 1. The first-order valence-electron chi connectivity index (χ1n) is 7.21. The molecule has 1 aliphatic heterocycles. The lowest BCUT2D eigenvalue weighted by molar-refractivity contribution is -0.120. The minimum Gasteiger partial charge on any atom is -0.454 e. The lowest BCUT2D eigenvalue weighted by Gasteiger charge is -2.08. The van der Waals surface area contributed by atoms with Gasteiger partial charge in [0.1, 0.15) is 0 Å². The molecular formula is C16H17N3O4. The van der Waals surface area contributed by atoms with Crippen LogP contribution in [0.1, 0.15) is 16.8 Å². The van der Waals surface area contributed by atoms with E-state index in [1.807, 2.05) is 18.2 Å². The zero-order valence-corrected chi connectivity index (χ0v) is 13.0. The molecule has 1 aromatic heterocycles. The number of carbonyl (C=O) groups excluding carboxylic acids is 1. The van der Waals surface area contributed by atoms with Gasteiger partial charge in [0, 0.05) is 19.2 Å². The van der Waals surface area contributed by atoms with Gasteiger partial charge in [0.15, 0.2) is 11.5 Å². The maximum Gasteiger partial charge on any atom is 0.256 e. The quantitative estimate of drug-likeness (QED) is 0.897. The summed E-state index contributed by atoms with van der Waals surface area (Å²) in [6.45, 7) is 2.27. The van der Waals surface area contributed by atoms with Crippen LogP contribution in [0.5, 0.6) is 11.5 Å². The molecule has 0 atom stereocenters. The van der Waals surface area contributed by atoms with E-state index in [-0.39, 0.29) is 24.7 Å². The van der Waals surface area contributed by atoms with Gasteiger partial charge in [-0.05, 0) is 24.6 Å². The number of nitrogens with one attached hydrogen (secondary N) is 1. The van der Waals surface area contributed by atoms with Gasteiger partial charge >= 0.3 is 0 Å². The summed E-state index contributed by atoms with van der Waals surface area (Å²) in [5.41, 5.74) is 1.76. The Kier molecular flexibility index (Phi) is 4.01. The molecular weight excluding hydrogens is 298 g/mol. The van der Waals surface area contributed by atoms with Gasteiger partial charge in [0.25, 0.3) is 5.56 Å². The molecule has 0 bridgehead atoms. The van der Waals surface area contributed by atoms with E-state index in [0.29, 0.717) is 29.3 Å². The van der Waals surface area contributed by atoms with Crippen LogP contribution in [0.15, 0.2) is 29.3 Å². The summed E-state index contributed by atoms with van der Waals surface area (Å²) in [5, 5.41) is 2.82. The van der Waals surface area contributed by atoms with Crippen molar-refractivity contribution in [3.05, 3.63) is 51.7 Å². The molecule has 3 rings (SSSR count). The van der Waals surface area contributed by atoms with E-state index in [1.54, 1.807) is 14.0 Å². The van der Waals surface area contributed by atoms with Crippen molar-refractivity contribution in [2.24, 2.45) is 7.05 Å². The molecule has 120 valence electrons. The SMILES string of the molecule is Cc1c(CC(=O)NCc2ccc3c(c2)OCO3)ncn(C)c1=O. The number of benzene rings is 1. The van der Waals surface area contributed by atoms with Crippen LogP contribution in [-0.2, 0) is 24.8 Å². The molecule has 0 radical (unpaired) electrons. The Balaban J connectivity index is 1.62. The fourth-order valence-electron chi connectivity index (χ4n) is 2.34. The van der Waals surface area contributed by atoms with Crippen LogP contribution in [-0.4, -0.2) is 22.3 Å². The molecule has 7 heteroatoms. The highest BCUT2D eigenvalue weighted by Crippen LogP contribution is 2.32. The first-order chi connectivity index (χ1) is 11.0. The molecule has 2 aromatic rings. The Morgan fingerprint density at radius 1 is 1.35 bits per heavy atom. The highest BCUT2D eigenvalue weighted by Gasteiger charge is 2.14. The second-order valence-corrected chi connectivity index (χ2v) is 5.37. The van der Waals surface area contributed by atoms with Crippen LogP contribution < -0.4 is 20.3 Å². The summed E-state index contributed by atoms with van der Waals surface area (Å²) >= 11 is 0. The van der Waals surface area contributed by atoms with Crippen LogP contribution in [0.4, 0.5) is 0 Å². The van der Waals surface area contributed by atoms with Crippen molar-refractivity contribution < 1.29 is 14.3 Å². The second kappa shape index (κ2) is 6.12. The third-order valence-corrected chi connectivity index (χ3v) is 3.72. The van der Waals surface area contributed by atoms with Gasteiger partial charge in [0.2, 0.25) is 12.7 Å². The Morgan fingerprint density at radius 3 is 2.96 bits per heavy atom. The smallest absolute Gasteiger partial charge is 0.256 e. The highest BCUT2D eigenvalue weighted by molar-refractivity contribution is 5.78. The fourth-order valence-corrected chi connectivity index (χ4v) is 2.34. The summed E-state index contributed by atoms with van der Waals surface area (Å²) < 4.78 is 11.9. The van der Waals surface area contributed by atoms with Crippen molar-refractivity contribution in [1.82, 2.24) is 14.9 Å². The summed E-state index contributed by atoms with van der Waals surface area (Å²) in [6.07, 6.45) is 1.50. The number of amides is 1. The molecule has 1 amide bonds. The second-order valence-electron chi connectivity index (χ2n) is 5.37. The molecule has 0 fully saturated rings. The van der Waals surface area contributed by atoms with Gasteiger partial charge in [-0.3, -0.25) is 9.59 Å². The van der Waals surface area contributed by atoms with Crippen LogP contribution in [0.2, 0.25) is 0 Å². The number of aromatic nitrogens is 2. The first kappa shape index (κ1) is 15.1. The molecule has 0 saturated carbocycles. The van der Waals surface area contributed by atoms with Crippen LogP contribution in [0.25, 0.3) is 0 Å². The lowest BCUT2D eigenvalue weighted by atomic mass is 10.1. The molecule has 0 spiro atoms. The molecule has 0 saturated heterocycles. The average molecular weight is 315 g/mol. The fraction of sp³-hybridized carbons (Fsp3) is 0.312. The van der Waals surface area contributed by atoms with Gasteiger partial charge in [-0.2, -0.15) is 0 Å². The number of nitrogens with zero attached hydrogens (tertiary/aromatic N) is 2. The zero-order chi connectivity index (χ0) is 16.4. The van der Waals surface area contributed by atoms with E-state index in [1.165, 1.54) is 10.9 Å². The van der Waals surface area contributed by atoms with Crippen LogP contribution in [0, 0.1) is 6.92 Å². The summed E-state index contributed by atoms with van der Waals surface area (Å²) in [6, 6.07) is 5.52. The first-order valence-corrected chi connectivity index (χ1v) is 7.21. The molecule has 1 N–H and O–H groups in total. The predicted octanol–water partition coefficient (Wildman–Crippen LogP) is 0.676. The van der Waals surface area contributed by atoms with E-state index in [9.17, 15) is 9.59 Å². The normalized spacial score (nSPS) is 12.3. The van der Waals surface area contributed by atoms with Crippen molar-refractivity contribution in [3.8, 4) is 11.5 Å². The maximum absolute atomic E-state index is 12.1. The molecule has 0 aliphatic carbocycles. The van der Waals surface area contributed by atoms with Crippen LogP contribution in [0.3, 0.4) is 0 Å². The highest BCUT2D eigenvalue weighted by atomic mass is 16.7. The standard InChI is InChI=1S/C16H17N3O4/c1-10-12(18-8-19(2)16(10)21)6-15(20)17-7-11-3-4-13-14(5-11)23-9-22-13/h3-5,8H,6-7,9H2,1-2H3,(H,17,20). The van der Waals surface area contributed by atoms with Gasteiger partial charge in [-0.1, -0.05) is 6.07 Å². The minimum atomic E-state index is -0.188. The summed E-state index contributed by atoms with van der Waals surface area (Å²) in [7, 11) is 1.63.